The van der Waals surface area contributed by atoms with Crippen LogP contribution in [-0.2, 0) is 17.9 Å². The molecule has 1 saturated heterocycles. The van der Waals surface area contributed by atoms with E-state index in [2.05, 4.69) is 40.0 Å². The van der Waals surface area contributed by atoms with Crippen molar-refractivity contribution in [3.8, 4) is 5.75 Å². The van der Waals surface area contributed by atoms with E-state index in [1.807, 2.05) is 17.0 Å². The second kappa shape index (κ2) is 9.59. The minimum atomic E-state index is 0. The Morgan fingerprint density at radius 3 is 2.79 bits per heavy atom. The molecule has 0 unspecified atom stereocenters. The number of rotatable bonds is 5. The fourth-order valence-corrected chi connectivity index (χ4v) is 4.09. The Bertz CT molecular complexity index is 846. The van der Waals surface area contributed by atoms with Crippen LogP contribution in [-0.4, -0.2) is 51.8 Å². The quantitative estimate of drug-likeness (QED) is 0.806. The van der Waals surface area contributed by atoms with E-state index in [1.165, 1.54) is 5.56 Å². The number of aryl methyl sites for hydroxylation is 1. The van der Waals surface area contributed by atoms with Gasteiger partial charge in [-0.1, -0.05) is 12.1 Å². The first kappa shape index (κ1) is 21.6. The van der Waals surface area contributed by atoms with Crippen LogP contribution in [0.2, 0.25) is 0 Å². The van der Waals surface area contributed by atoms with Crippen LogP contribution in [0.15, 0.2) is 18.2 Å². The van der Waals surface area contributed by atoms with E-state index in [0.717, 1.165) is 68.5 Å². The maximum atomic E-state index is 12.6. The van der Waals surface area contributed by atoms with Crippen molar-refractivity contribution in [3.63, 3.8) is 0 Å². The van der Waals surface area contributed by atoms with E-state index >= 15 is 0 Å². The van der Waals surface area contributed by atoms with Gasteiger partial charge < -0.3 is 19.5 Å². The molecule has 4 rings (SSSR count). The van der Waals surface area contributed by atoms with Gasteiger partial charge in [0, 0.05) is 32.1 Å². The highest BCUT2D eigenvalue weighted by Crippen LogP contribution is 2.28. The summed E-state index contributed by atoms with van der Waals surface area (Å²) in [6.45, 7) is 8.82. The summed E-state index contributed by atoms with van der Waals surface area (Å²) in [4.78, 5) is 14.5. The molecule has 2 aliphatic rings. The predicted octanol–water partition coefficient (Wildman–Crippen LogP) is 2.60. The van der Waals surface area contributed by atoms with Crippen LogP contribution in [0.5, 0.6) is 5.75 Å². The molecular formula is C21H30ClN5O2. The number of piperidine rings is 1. The monoisotopic (exact) mass is 419 g/mol. The lowest BCUT2D eigenvalue weighted by Crippen LogP contribution is -2.39. The number of aromatic nitrogens is 3. The van der Waals surface area contributed by atoms with Crippen molar-refractivity contribution < 1.29 is 9.53 Å². The SMILES string of the molecule is Cc1cccc(OCCC(=O)N2CCC(c3nnc4n3CCNC4)CC2)c1C.Cl. The zero-order chi connectivity index (χ0) is 19.5. The standard InChI is InChI=1S/C21H29N5O2.ClH/c1-15-4-3-5-18(16(15)2)28-13-8-20(27)25-10-6-17(7-11-25)21-24-23-19-14-22-9-12-26(19)21;/h3-5,17,22H,6-14H2,1-2H3;1H. The molecule has 3 heterocycles. The van der Waals surface area contributed by atoms with Gasteiger partial charge in [0.15, 0.2) is 0 Å². The van der Waals surface area contributed by atoms with E-state index in [9.17, 15) is 4.79 Å². The van der Waals surface area contributed by atoms with Crippen molar-refractivity contribution in [2.45, 2.75) is 52.1 Å². The summed E-state index contributed by atoms with van der Waals surface area (Å²) in [6, 6.07) is 6.02. The third-order valence-corrected chi connectivity index (χ3v) is 5.99. The normalized spacial score (nSPS) is 16.8. The zero-order valence-electron chi connectivity index (χ0n) is 17.2. The number of likely N-dealkylation sites (tertiary alicyclic amines) is 1. The molecule has 1 aromatic carbocycles. The lowest BCUT2D eigenvalue weighted by molar-refractivity contribution is -0.132. The molecule has 0 saturated carbocycles. The van der Waals surface area contributed by atoms with Gasteiger partial charge >= 0.3 is 0 Å². The molecule has 0 radical (unpaired) electrons. The minimum Gasteiger partial charge on any atom is -0.493 e. The fourth-order valence-electron chi connectivity index (χ4n) is 4.09. The summed E-state index contributed by atoms with van der Waals surface area (Å²) in [5.41, 5.74) is 2.35. The van der Waals surface area contributed by atoms with E-state index in [-0.39, 0.29) is 18.3 Å². The Morgan fingerprint density at radius 1 is 1.21 bits per heavy atom. The summed E-state index contributed by atoms with van der Waals surface area (Å²) in [6.07, 6.45) is 2.33. The van der Waals surface area contributed by atoms with Gasteiger partial charge in [0.1, 0.15) is 17.4 Å². The molecule has 0 spiro atoms. The third-order valence-electron chi connectivity index (χ3n) is 5.99. The Morgan fingerprint density at radius 2 is 2.00 bits per heavy atom. The molecule has 1 N–H and O–H groups in total. The van der Waals surface area contributed by atoms with Gasteiger partial charge in [-0.05, 0) is 43.9 Å². The molecule has 7 nitrogen and oxygen atoms in total. The van der Waals surface area contributed by atoms with Gasteiger partial charge in [0.05, 0.1) is 19.6 Å². The van der Waals surface area contributed by atoms with Crippen molar-refractivity contribution in [2.24, 2.45) is 0 Å². The van der Waals surface area contributed by atoms with Gasteiger partial charge in [0.2, 0.25) is 5.91 Å². The maximum Gasteiger partial charge on any atom is 0.225 e. The first-order valence-corrected chi connectivity index (χ1v) is 10.2. The average molecular weight is 420 g/mol. The van der Waals surface area contributed by atoms with Crippen LogP contribution in [0.4, 0.5) is 0 Å². The van der Waals surface area contributed by atoms with Crippen LogP contribution in [0.1, 0.15) is 48.0 Å². The van der Waals surface area contributed by atoms with E-state index in [0.29, 0.717) is 18.9 Å². The molecule has 2 aliphatic heterocycles. The highest BCUT2D eigenvalue weighted by Gasteiger charge is 2.28. The van der Waals surface area contributed by atoms with E-state index in [1.54, 1.807) is 0 Å². The Balaban J connectivity index is 0.00000240. The maximum absolute atomic E-state index is 12.6. The number of benzene rings is 1. The highest BCUT2D eigenvalue weighted by molar-refractivity contribution is 5.85. The average Bonchev–Trinajstić information content (AvgIpc) is 3.15. The topological polar surface area (TPSA) is 72.3 Å². The van der Waals surface area contributed by atoms with Crippen LogP contribution in [0.25, 0.3) is 0 Å². The number of nitrogens with zero attached hydrogens (tertiary/aromatic N) is 4. The van der Waals surface area contributed by atoms with Gasteiger partial charge in [0.25, 0.3) is 0 Å². The number of nitrogens with one attached hydrogen (secondary N) is 1. The van der Waals surface area contributed by atoms with Crippen LogP contribution < -0.4 is 10.1 Å². The molecule has 1 amide bonds. The van der Waals surface area contributed by atoms with Gasteiger partial charge in [-0.25, -0.2) is 0 Å². The first-order chi connectivity index (χ1) is 13.6. The smallest absolute Gasteiger partial charge is 0.225 e. The molecule has 2 aromatic rings. The second-order valence-electron chi connectivity index (χ2n) is 7.75. The number of carbonyl (C=O) groups is 1. The summed E-state index contributed by atoms with van der Waals surface area (Å²) in [7, 11) is 0. The van der Waals surface area contributed by atoms with E-state index in [4.69, 9.17) is 4.74 Å². The molecule has 0 atom stereocenters. The summed E-state index contributed by atoms with van der Waals surface area (Å²) >= 11 is 0. The summed E-state index contributed by atoms with van der Waals surface area (Å²) < 4.78 is 8.11. The van der Waals surface area contributed by atoms with E-state index < -0.39 is 0 Å². The number of halogens is 1. The molecule has 29 heavy (non-hydrogen) atoms. The lowest BCUT2D eigenvalue weighted by atomic mass is 9.95. The Kier molecular flexibility index (Phi) is 7.14. The number of amides is 1. The number of hydrogen-bond acceptors (Lipinski definition) is 5. The number of carbonyl (C=O) groups excluding carboxylic acids is 1. The van der Waals surface area contributed by atoms with Crippen molar-refractivity contribution in [1.82, 2.24) is 25.0 Å². The molecule has 0 bridgehead atoms. The highest BCUT2D eigenvalue weighted by atomic mass is 35.5. The third kappa shape index (κ3) is 4.73. The Labute approximate surface area is 178 Å². The van der Waals surface area contributed by atoms with Gasteiger partial charge in [-0.2, -0.15) is 0 Å². The molecule has 1 aromatic heterocycles. The zero-order valence-corrected chi connectivity index (χ0v) is 18.0. The first-order valence-electron chi connectivity index (χ1n) is 10.2. The van der Waals surface area contributed by atoms with Crippen LogP contribution in [0.3, 0.4) is 0 Å². The van der Waals surface area contributed by atoms with Crippen LogP contribution >= 0.6 is 12.4 Å². The van der Waals surface area contributed by atoms with Crippen molar-refractivity contribution in [3.05, 3.63) is 41.0 Å². The molecular weight excluding hydrogens is 390 g/mol. The lowest BCUT2D eigenvalue weighted by Gasteiger charge is -2.32. The van der Waals surface area contributed by atoms with Crippen LogP contribution in [0, 0.1) is 13.8 Å². The minimum absolute atomic E-state index is 0. The summed E-state index contributed by atoms with van der Waals surface area (Å²) in [5.74, 6) is 3.58. The molecule has 1 fully saturated rings. The summed E-state index contributed by atoms with van der Waals surface area (Å²) in [5, 5.41) is 12.1. The van der Waals surface area contributed by atoms with Gasteiger partial charge in [-0.15, -0.1) is 22.6 Å². The van der Waals surface area contributed by atoms with Crippen molar-refractivity contribution in [2.75, 3.05) is 26.2 Å². The largest absolute Gasteiger partial charge is 0.493 e. The van der Waals surface area contributed by atoms with Crippen molar-refractivity contribution >= 4 is 18.3 Å². The predicted molar refractivity (Wildman–Crippen MR) is 114 cm³/mol. The number of hydrogen-bond donors (Lipinski definition) is 1. The molecule has 158 valence electrons. The molecule has 8 heteroatoms. The second-order valence-corrected chi connectivity index (χ2v) is 7.75. The Hall–Kier alpha value is -2.12. The van der Waals surface area contributed by atoms with Gasteiger partial charge in [-0.3, -0.25) is 4.79 Å². The number of ether oxygens (including phenoxy) is 1. The number of fused-ring (bicyclic) bond motifs is 1. The van der Waals surface area contributed by atoms with Crippen molar-refractivity contribution in [1.29, 1.82) is 0 Å². The molecule has 0 aliphatic carbocycles. The fraction of sp³-hybridized carbons (Fsp3) is 0.571.